The summed E-state index contributed by atoms with van der Waals surface area (Å²) in [7, 11) is 0. The largest absolute Gasteiger partial charge is 0.481 e. The molecule has 1 aliphatic rings. The average Bonchev–Trinajstić information content (AvgIpc) is 2.51. The third kappa shape index (κ3) is 5.02. The van der Waals surface area contributed by atoms with Crippen LogP contribution in [0.15, 0.2) is 0 Å². The van der Waals surface area contributed by atoms with E-state index >= 15 is 0 Å². The van der Waals surface area contributed by atoms with E-state index in [1.807, 2.05) is 25.7 Å². The molecular weight excluding hydrogens is 256 g/mol. The van der Waals surface area contributed by atoms with Crippen LogP contribution in [0.2, 0.25) is 0 Å². The predicted octanol–water partition coefficient (Wildman–Crippen LogP) is 2.80. The van der Waals surface area contributed by atoms with Gasteiger partial charge in [0.1, 0.15) is 0 Å². The Balaban J connectivity index is 2.73. The molecule has 1 heterocycles. The van der Waals surface area contributed by atoms with Gasteiger partial charge >= 0.3 is 12.0 Å². The maximum absolute atomic E-state index is 12.7. The molecule has 5 nitrogen and oxygen atoms in total. The summed E-state index contributed by atoms with van der Waals surface area (Å²) in [4.78, 5) is 27.0. The number of urea groups is 1. The van der Waals surface area contributed by atoms with Crippen molar-refractivity contribution in [3.05, 3.63) is 0 Å². The Labute approximate surface area is 121 Å². The fourth-order valence-corrected chi connectivity index (χ4v) is 2.55. The Morgan fingerprint density at radius 1 is 1.25 bits per heavy atom. The Kier molecular flexibility index (Phi) is 5.84. The number of carboxylic acids is 1. The SMILES string of the molecule is CC1CCCN(C(=O)N(CCC(=O)O)C(C)(C)C)CC1. The topological polar surface area (TPSA) is 60.9 Å². The van der Waals surface area contributed by atoms with Crippen LogP contribution in [0.1, 0.15) is 53.4 Å². The summed E-state index contributed by atoms with van der Waals surface area (Å²) in [6.45, 7) is 9.90. The van der Waals surface area contributed by atoms with Gasteiger partial charge < -0.3 is 14.9 Å². The van der Waals surface area contributed by atoms with E-state index in [-0.39, 0.29) is 24.5 Å². The lowest BCUT2D eigenvalue weighted by atomic mass is 10.0. The minimum Gasteiger partial charge on any atom is -0.481 e. The fraction of sp³-hybridized carbons (Fsp3) is 0.867. The second kappa shape index (κ2) is 6.95. The number of carbonyl (C=O) groups excluding carboxylic acids is 1. The zero-order valence-electron chi connectivity index (χ0n) is 13.2. The number of carboxylic acid groups (broad SMARTS) is 1. The van der Waals surface area contributed by atoms with E-state index in [4.69, 9.17) is 5.11 Å². The monoisotopic (exact) mass is 284 g/mol. The van der Waals surface area contributed by atoms with Crippen molar-refractivity contribution in [3.8, 4) is 0 Å². The number of nitrogens with zero attached hydrogens (tertiary/aromatic N) is 2. The van der Waals surface area contributed by atoms with Crippen molar-refractivity contribution in [1.29, 1.82) is 0 Å². The van der Waals surface area contributed by atoms with Crippen molar-refractivity contribution in [2.45, 2.75) is 58.9 Å². The Hall–Kier alpha value is -1.26. The molecular formula is C15H28N2O3. The molecule has 20 heavy (non-hydrogen) atoms. The molecule has 1 N–H and O–H groups in total. The van der Waals surface area contributed by atoms with Crippen LogP contribution in [0, 0.1) is 5.92 Å². The van der Waals surface area contributed by atoms with E-state index in [1.54, 1.807) is 4.90 Å². The molecule has 0 aliphatic carbocycles. The fourth-order valence-electron chi connectivity index (χ4n) is 2.55. The lowest BCUT2D eigenvalue weighted by Crippen LogP contribution is -2.52. The lowest BCUT2D eigenvalue weighted by molar-refractivity contribution is -0.137. The highest BCUT2D eigenvalue weighted by atomic mass is 16.4. The lowest BCUT2D eigenvalue weighted by Gasteiger charge is -2.39. The number of aliphatic carboxylic acids is 1. The summed E-state index contributed by atoms with van der Waals surface area (Å²) in [6.07, 6.45) is 3.22. The summed E-state index contributed by atoms with van der Waals surface area (Å²) >= 11 is 0. The van der Waals surface area contributed by atoms with Gasteiger partial charge in [0, 0.05) is 25.2 Å². The second-order valence-corrected chi connectivity index (χ2v) is 6.77. The Morgan fingerprint density at radius 2 is 1.90 bits per heavy atom. The molecule has 1 atom stereocenters. The van der Waals surface area contributed by atoms with Gasteiger partial charge in [0.2, 0.25) is 0 Å². The molecule has 0 aromatic carbocycles. The normalized spacial score (nSPS) is 20.4. The molecule has 1 unspecified atom stereocenters. The molecule has 0 bridgehead atoms. The maximum Gasteiger partial charge on any atom is 0.320 e. The van der Waals surface area contributed by atoms with Crippen LogP contribution in [0.25, 0.3) is 0 Å². The number of hydrogen-bond donors (Lipinski definition) is 1. The van der Waals surface area contributed by atoms with Crippen LogP contribution in [-0.4, -0.2) is 52.1 Å². The highest BCUT2D eigenvalue weighted by molar-refractivity contribution is 5.76. The van der Waals surface area contributed by atoms with Crippen molar-refractivity contribution in [3.63, 3.8) is 0 Å². The molecule has 5 heteroatoms. The van der Waals surface area contributed by atoms with Crippen LogP contribution >= 0.6 is 0 Å². The molecule has 1 aliphatic heterocycles. The summed E-state index contributed by atoms with van der Waals surface area (Å²) in [5, 5.41) is 8.85. The molecule has 1 rings (SSSR count). The van der Waals surface area contributed by atoms with E-state index in [1.165, 1.54) is 0 Å². The van der Waals surface area contributed by atoms with Crippen LogP contribution in [0.5, 0.6) is 0 Å². The van der Waals surface area contributed by atoms with Gasteiger partial charge in [-0.3, -0.25) is 4.79 Å². The first-order valence-corrected chi connectivity index (χ1v) is 7.50. The van der Waals surface area contributed by atoms with Gasteiger partial charge in [0.05, 0.1) is 6.42 Å². The Morgan fingerprint density at radius 3 is 2.45 bits per heavy atom. The van der Waals surface area contributed by atoms with Gasteiger partial charge in [-0.25, -0.2) is 4.79 Å². The van der Waals surface area contributed by atoms with E-state index in [9.17, 15) is 9.59 Å². The summed E-state index contributed by atoms with van der Waals surface area (Å²) in [6, 6.07) is -0.0205. The summed E-state index contributed by atoms with van der Waals surface area (Å²) in [5.41, 5.74) is -0.357. The van der Waals surface area contributed by atoms with Crippen molar-refractivity contribution >= 4 is 12.0 Å². The highest BCUT2D eigenvalue weighted by Gasteiger charge is 2.31. The molecule has 0 aromatic heterocycles. The van der Waals surface area contributed by atoms with Crippen molar-refractivity contribution in [1.82, 2.24) is 9.80 Å². The van der Waals surface area contributed by atoms with Crippen molar-refractivity contribution in [2.75, 3.05) is 19.6 Å². The molecule has 0 radical (unpaired) electrons. The van der Waals surface area contributed by atoms with E-state index in [2.05, 4.69) is 6.92 Å². The smallest absolute Gasteiger partial charge is 0.320 e. The van der Waals surface area contributed by atoms with Crippen LogP contribution in [0.4, 0.5) is 4.79 Å². The molecule has 116 valence electrons. The molecule has 2 amide bonds. The molecule has 0 saturated carbocycles. The quantitative estimate of drug-likeness (QED) is 0.867. The van der Waals surface area contributed by atoms with Crippen molar-refractivity contribution < 1.29 is 14.7 Å². The zero-order valence-corrected chi connectivity index (χ0v) is 13.2. The van der Waals surface area contributed by atoms with Crippen LogP contribution < -0.4 is 0 Å². The first-order chi connectivity index (χ1) is 9.21. The molecule has 0 spiro atoms. The van der Waals surface area contributed by atoms with Crippen LogP contribution in [-0.2, 0) is 4.79 Å². The van der Waals surface area contributed by atoms with Gasteiger partial charge in [0.15, 0.2) is 0 Å². The first-order valence-electron chi connectivity index (χ1n) is 7.50. The number of carbonyl (C=O) groups is 2. The third-order valence-electron chi connectivity index (χ3n) is 3.88. The average molecular weight is 284 g/mol. The second-order valence-electron chi connectivity index (χ2n) is 6.77. The predicted molar refractivity (Wildman–Crippen MR) is 78.7 cm³/mol. The third-order valence-corrected chi connectivity index (χ3v) is 3.88. The van der Waals surface area contributed by atoms with E-state index in [0.29, 0.717) is 5.92 Å². The zero-order chi connectivity index (χ0) is 15.3. The van der Waals surface area contributed by atoms with Gasteiger partial charge in [-0.1, -0.05) is 6.92 Å². The Bertz CT molecular complexity index is 350. The van der Waals surface area contributed by atoms with Gasteiger partial charge in [-0.05, 0) is 46.0 Å². The summed E-state index contributed by atoms with van der Waals surface area (Å²) in [5.74, 6) is -0.202. The number of rotatable bonds is 3. The summed E-state index contributed by atoms with van der Waals surface area (Å²) < 4.78 is 0. The number of likely N-dealkylation sites (tertiary alicyclic amines) is 1. The van der Waals surface area contributed by atoms with Gasteiger partial charge in [-0.15, -0.1) is 0 Å². The number of amides is 2. The minimum atomic E-state index is -0.864. The number of hydrogen-bond acceptors (Lipinski definition) is 2. The van der Waals surface area contributed by atoms with Gasteiger partial charge in [-0.2, -0.15) is 0 Å². The van der Waals surface area contributed by atoms with Crippen molar-refractivity contribution in [2.24, 2.45) is 5.92 Å². The molecule has 0 aromatic rings. The van der Waals surface area contributed by atoms with E-state index < -0.39 is 5.97 Å². The highest BCUT2D eigenvalue weighted by Crippen LogP contribution is 2.21. The minimum absolute atomic E-state index is 0.00669. The van der Waals surface area contributed by atoms with Gasteiger partial charge in [0.25, 0.3) is 0 Å². The van der Waals surface area contributed by atoms with Crippen LogP contribution in [0.3, 0.4) is 0 Å². The maximum atomic E-state index is 12.7. The standard InChI is InChI=1S/C15H28N2O3/c1-12-6-5-9-16(10-7-12)14(20)17(15(2,3)4)11-8-13(18)19/h12H,5-11H2,1-4H3,(H,18,19). The molecule has 1 saturated heterocycles. The first kappa shape index (κ1) is 16.8. The van der Waals surface area contributed by atoms with E-state index in [0.717, 1.165) is 32.4 Å². The molecule has 1 fully saturated rings.